The number of rotatable bonds is 6. The number of nitrogens with zero attached hydrogens (tertiary/aromatic N) is 2. The normalized spacial score (nSPS) is 11.3. The molecule has 0 fully saturated rings. The molecule has 148 valence electrons. The monoisotopic (exact) mass is 403 g/mol. The number of carbonyl (C=O) groups is 1. The smallest absolute Gasteiger partial charge is 0.324 e. The Morgan fingerprint density at radius 3 is 2.64 bits per heavy atom. The zero-order chi connectivity index (χ0) is 20.4. The van der Waals surface area contributed by atoms with Crippen LogP contribution in [0.1, 0.15) is 25.8 Å². The predicted octanol–water partition coefficient (Wildman–Crippen LogP) is 3.36. The first-order chi connectivity index (χ1) is 13.3. The molecule has 2 aromatic heterocycles. The first-order valence-corrected chi connectivity index (χ1v) is 9.92. The molecule has 0 saturated heterocycles. The Morgan fingerprint density at radius 2 is 1.96 bits per heavy atom. The van der Waals surface area contributed by atoms with Gasteiger partial charge in [-0.2, -0.15) is 0 Å². The van der Waals surface area contributed by atoms with Gasteiger partial charge in [-0.05, 0) is 48.4 Å². The largest absolute Gasteiger partial charge is 0.332 e. The Morgan fingerprint density at radius 1 is 1.21 bits per heavy atom. The van der Waals surface area contributed by atoms with Crippen LogP contribution in [-0.4, -0.2) is 15.0 Å². The number of aryl methyl sites for hydroxylation is 1. The maximum Gasteiger partial charge on any atom is 0.332 e. The first-order valence-electron chi connectivity index (χ1n) is 9.04. The summed E-state index contributed by atoms with van der Waals surface area (Å²) in [7, 11) is 0. The van der Waals surface area contributed by atoms with Crippen molar-refractivity contribution < 1.29 is 9.18 Å². The van der Waals surface area contributed by atoms with Crippen molar-refractivity contribution in [1.82, 2.24) is 9.13 Å². The van der Waals surface area contributed by atoms with Crippen molar-refractivity contribution in [2.45, 2.75) is 40.3 Å². The highest BCUT2D eigenvalue weighted by Crippen LogP contribution is 2.17. The summed E-state index contributed by atoms with van der Waals surface area (Å²) in [5.74, 6) is -0.553. The second kappa shape index (κ2) is 8.10. The zero-order valence-electron chi connectivity index (χ0n) is 16.0. The highest BCUT2D eigenvalue weighted by atomic mass is 32.1. The van der Waals surface area contributed by atoms with E-state index in [-0.39, 0.29) is 12.1 Å². The first kappa shape index (κ1) is 20.0. The number of nitrogens with one attached hydrogen (secondary N) is 1. The average molecular weight is 403 g/mol. The minimum atomic E-state index is -0.512. The molecule has 3 aromatic rings. The van der Waals surface area contributed by atoms with Gasteiger partial charge in [0.05, 0.1) is 5.52 Å². The number of amides is 1. The van der Waals surface area contributed by atoms with E-state index in [9.17, 15) is 18.8 Å². The number of hydrogen-bond acceptors (Lipinski definition) is 4. The van der Waals surface area contributed by atoms with E-state index in [2.05, 4.69) is 5.32 Å². The summed E-state index contributed by atoms with van der Waals surface area (Å²) in [6.45, 7) is 5.70. The number of anilines is 1. The SMILES string of the molecule is Cc1ccc(NC(=O)Cn2c(=O)n(CCC(C)C)c(=O)c3sccc32)cc1F. The molecule has 0 radical (unpaired) electrons. The lowest BCUT2D eigenvalue weighted by Crippen LogP contribution is -2.41. The van der Waals surface area contributed by atoms with Crippen LogP contribution in [-0.2, 0) is 17.9 Å². The maximum absolute atomic E-state index is 13.7. The summed E-state index contributed by atoms with van der Waals surface area (Å²) in [5, 5.41) is 4.33. The standard InChI is InChI=1S/C20H22FN3O3S/c1-12(2)6-8-23-19(26)18-16(7-9-28-18)24(20(23)27)11-17(25)22-14-5-4-13(3)15(21)10-14/h4-5,7,9-10,12H,6,8,11H2,1-3H3,(H,22,25). The molecule has 1 aromatic carbocycles. The van der Waals surface area contributed by atoms with Gasteiger partial charge in [0, 0.05) is 12.2 Å². The van der Waals surface area contributed by atoms with Gasteiger partial charge in [-0.1, -0.05) is 19.9 Å². The molecule has 28 heavy (non-hydrogen) atoms. The topological polar surface area (TPSA) is 73.1 Å². The minimum absolute atomic E-state index is 0.260. The van der Waals surface area contributed by atoms with Gasteiger partial charge in [0.1, 0.15) is 17.1 Å². The molecule has 1 amide bonds. The molecule has 6 nitrogen and oxygen atoms in total. The fourth-order valence-corrected chi connectivity index (χ4v) is 3.73. The van der Waals surface area contributed by atoms with E-state index in [0.29, 0.717) is 40.4 Å². The van der Waals surface area contributed by atoms with Crippen molar-refractivity contribution in [3.8, 4) is 0 Å². The molecule has 0 spiro atoms. The third kappa shape index (κ3) is 4.06. The van der Waals surface area contributed by atoms with E-state index >= 15 is 0 Å². The predicted molar refractivity (Wildman–Crippen MR) is 110 cm³/mol. The van der Waals surface area contributed by atoms with E-state index in [0.717, 1.165) is 0 Å². The van der Waals surface area contributed by atoms with Crippen molar-refractivity contribution in [2.75, 3.05) is 5.32 Å². The Balaban J connectivity index is 1.94. The number of aromatic nitrogens is 2. The zero-order valence-corrected chi connectivity index (χ0v) is 16.8. The fourth-order valence-electron chi connectivity index (χ4n) is 2.89. The van der Waals surface area contributed by atoms with Crippen molar-refractivity contribution >= 4 is 33.1 Å². The van der Waals surface area contributed by atoms with Crippen LogP contribution in [0.4, 0.5) is 10.1 Å². The summed E-state index contributed by atoms with van der Waals surface area (Å²) >= 11 is 1.25. The molecule has 0 unspecified atom stereocenters. The molecule has 0 aliphatic carbocycles. The van der Waals surface area contributed by atoms with E-state index < -0.39 is 17.4 Å². The fraction of sp³-hybridized carbons (Fsp3) is 0.350. The number of halogens is 1. The van der Waals surface area contributed by atoms with Gasteiger partial charge in [-0.25, -0.2) is 9.18 Å². The average Bonchev–Trinajstić information content (AvgIpc) is 3.11. The molecule has 0 aliphatic rings. The number of thiophene rings is 1. The summed E-state index contributed by atoms with van der Waals surface area (Å²) in [6.07, 6.45) is 0.681. The van der Waals surface area contributed by atoms with Crippen molar-refractivity contribution in [1.29, 1.82) is 0 Å². The Kier molecular flexibility index (Phi) is 5.79. The van der Waals surface area contributed by atoms with Gasteiger partial charge in [0.2, 0.25) is 5.91 Å². The Bertz CT molecular complexity index is 1140. The molecule has 0 bridgehead atoms. The lowest BCUT2D eigenvalue weighted by molar-refractivity contribution is -0.116. The number of hydrogen-bond donors (Lipinski definition) is 1. The molecule has 0 saturated carbocycles. The summed E-state index contributed by atoms with van der Waals surface area (Å²) in [6, 6.07) is 6.07. The van der Waals surface area contributed by atoms with Crippen LogP contribution in [0.2, 0.25) is 0 Å². The van der Waals surface area contributed by atoms with Gasteiger partial charge in [0.15, 0.2) is 0 Å². The summed E-state index contributed by atoms with van der Waals surface area (Å²) < 4.78 is 16.6. The number of benzene rings is 1. The van der Waals surface area contributed by atoms with Gasteiger partial charge < -0.3 is 5.32 Å². The van der Waals surface area contributed by atoms with Crippen LogP contribution in [0, 0.1) is 18.7 Å². The van der Waals surface area contributed by atoms with Gasteiger partial charge in [-0.15, -0.1) is 11.3 Å². The van der Waals surface area contributed by atoms with Crippen LogP contribution in [0.15, 0.2) is 39.2 Å². The lowest BCUT2D eigenvalue weighted by atomic mass is 10.1. The quantitative estimate of drug-likeness (QED) is 0.686. The van der Waals surface area contributed by atoms with Gasteiger partial charge in [0.25, 0.3) is 5.56 Å². The van der Waals surface area contributed by atoms with Crippen LogP contribution < -0.4 is 16.6 Å². The van der Waals surface area contributed by atoms with Crippen molar-refractivity contribution in [3.05, 3.63) is 61.9 Å². The molecule has 0 aliphatic heterocycles. The molecule has 8 heteroatoms. The summed E-state index contributed by atoms with van der Waals surface area (Å²) in [4.78, 5) is 38.0. The van der Waals surface area contributed by atoms with Gasteiger partial charge >= 0.3 is 5.69 Å². The molecule has 0 atom stereocenters. The van der Waals surface area contributed by atoms with Crippen LogP contribution in [0.5, 0.6) is 0 Å². The van der Waals surface area contributed by atoms with Crippen LogP contribution >= 0.6 is 11.3 Å². The molecular formula is C20H22FN3O3S. The van der Waals surface area contributed by atoms with Crippen molar-refractivity contribution in [2.24, 2.45) is 5.92 Å². The van der Waals surface area contributed by atoms with Crippen LogP contribution in [0.3, 0.4) is 0 Å². The molecule has 3 rings (SSSR count). The number of carbonyl (C=O) groups excluding carboxylic acids is 1. The Labute approximate surface area is 165 Å². The third-order valence-electron chi connectivity index (χ3n) is 4.52. The Hall–Kier alpha value is -2.74. The third-order valence-corrected chi connectivity index (χ3v) is 5.42. The second-order valence-electron chi connectivity index (χ2n) is 7.16. The van der Waals surface area contributed by atoms with E-state index in [1.807, 2.05) is 13.8 Å². The minimum Gasteiger partial charge on any atom is -0.324 e. The van der Waals surface area contributed by atoms with E-state index in [1.54, 1.807) is 30.5 Å². The van der Waals surface area contributed by atoms with Gasteiger partial charge in [-0.3, -0.25) is 18.7 Å². The highest BCUT2D eigenvalue weighted by molar-refractivity contribution is 7.17. The van der Waals surface area contributed by atoms with Crippen LogP contribution in [0.25, 0.3) is 10.2 Å². The van der Waals surface area contributed by atoms with E-state index in [1.165, 1.54) is 26.5 Å². The molecular weight excluding hydrogens is 381 g/mol. The molecule has 1 N–H and O–H groups in total. The van der Waals surface area contributed by atoms with Crippen molar-refractivity contribution in [3.63, 3.8) is 0 Å². The summed E-state index contributed by atoms with van der Waals surface area (Å²) in [5.41, 5.74) is 0.392. The second-order valence-corrected chi connectivity index (χ2v) is 8.07. The maximum atomic E-state index is 13.7. The van der Waals surface area contributed by atoms with E-state index in [4.69, 9.17) is 0 Å². The molecule has 2 heterocycles. The lowest BCUT2D eigenvalue weighted by Gasteiger charge is -2.13. The number of fused-ring (bicyclic) bond motifs is 1. The highest BCUT2D eigenvalue weighted by Gasteiger charge is 2.17.